The molecule has 0 aromatic carbocycles. The third-order valence-corrected chi connectivity index (χ3v) is 5.09. The molecule has 2 aromatic heterocycles. The molecule has 0 aliphatic carbocycles. The van der Waals surface area contributed by atoms with Gasteiger partial charge in [-0.25, -0.2) is 0 Å². The second-order valence-electron chi connectivity index (χ2n) is 4.51. The number of hydrogen-bond donors (Lipinski definition) is 2. The molecule has 0 spiro atoms. The maximum Gasteiger partial charge on any atom is 0.0738 e. The predicted octanol–water partition coefficient (Wildman–Crippen LogP) is 2.65. The molecule has 2 rings (SSSR count). The van der Waals surface area contributed by atoms with Crippen molar-refractivity contribution in [1.29, 1.82) is 0 Å². The van der Waals surface area contributed by atoms with Gasteiger partial charge in [-0.05, 0) is 47.6 Å². The number of hydrazine groups is 1. The number of hydrogen-bond acceptors (Lipinski definition) is 4. The monoisotopic (exact) mass is 342 g/mol. The van der Waals surface area contributed by atoms with E-state index in [0.29, 0.717) is 0 Å². The summed E-state index contributed by atoms with van der Waals surface area (Å²) in [5.74, 6) is 5.70. The van der Waals surface area contributed by atoms with Crippen LogP contribution in [0.1, 0.15) is 23.2 Å². The summed E-state index contributed by atoms with van der Waals surface area (Å²) in [4.78, 5) is 1.35. The standard InChI is InChI=1S/C13H19BrN4S/c1-3-18-12(13(14)9(2)17-18)8-10(16-15)7-11-5-4-6-19-11/h4-6,10,16H,3,7-8,15H2,1-2H3. The van der Waals surface area contributed by atoms with Crippen LogP contribution in [-0.2, 0) is 19.4 Å². The van der Waals surface area contributed by atoms with Gasteiger partial charge in [0.05, 0.1) is 15.9 Å². The highest BCUT2D eigenvalue weighted by molar-refractivity contribution is 9.10. The third-order valence-electron chi connectivity index (χ3n) is 3.16. The van der Waals surface area contributed by atoms with Crippen LogP contribution in [0.25, 0.3) is 0 Å². The molecule has 19 heavy (non-hydrogen) atoms. The Bertz CT molecular complexity index is 521. The number of aryl methyl sites for hydroxylation is 2. The fourth-order valence-electron chi connectivity index (χ4n) is 2.16. The summed E-state index contributed by atoms with van der Waals surface area (Å²) < 4.78 is 3.14. The Morgan fingerprint density at radius 1 is 1.53 bits per heavy atom. The molecule has 0 aliphatic rings. The van der Waals surface area contributed by atoms with E-state index in [2.05, 4.69) is 50.9 Å². The lowest BCUT2D eigenvalue weighted by atomic mass is 10.1. The summed E-state index contributed by atoms with van der Waals surface area (Å²) in [6, 6.07) is 4.44. The first-order valence-corrected chi connectivity index (χ1v) is 8.03. The van der Waals surface area contributed by atoms with E-state index in [9.17, 15) is 0 Å². The largest absolute Gasteiger partial charge is 0.271 e. The Morgan fingerprint density at radius 3 is 2.89 bits per heavy atom. The zero-order valence-corrected chi connectivity index (χ0v) is 13.6. The van der Waals surface area contributed by atoms with E-state index in [4.69, 9.17) is 5.84 Å². The molecule has 2 aromatic rings. The van der Waals surface area contributed by atoms with Gasteiger partial charge in [-0.1, -0.05) is 6.07 Å². The summed E-state index contributed by atoms with van der Waals surface area (Å²) in [5.41, 5.74) is 5.16. The normalized spacial score (nSPS) is 12.8. The smallest absolute Gasteiger partial charge is 0.0738 e. The molecule has 0 fully saturated rings. The molecular weight excluding hydrogens is 324 g/mol. The summed E-state index contributed by atoms with van der Waals surface area (Å²) in [7, 11) is 0. The van der Waals surface area contributed by atoms with Crippen LogP contribution in [-0.4, -0.2) is 15.8 Å². The predicted molar refractivity (Wildman–Crippen MR) is 83.2 cm³/mol. The van der Waals surface area contributed by atoms with E-state index in [1.54, 1.807) is 11.3 Å². The Kier molecular flexibility index (Phi) is 5.15. The van der Waals surface area contributed by atoms with Crippen molar-refractivity contribution in [1.82, 2.24) is 15.2 Å². The van der Waals surface area contributed by atoms with Crippen molar-refractivity contribution in [3.63, 3.8) is 0 Å². The molecular formula is C13H19BrN4S. The van der Waals surface area contributed by atoms with E-state index in [1.165, 1.54) is 10.6 Å². The van der Waals surface area contributed by atoms with Crippen molar-refractivity contribution in [2.75, 3.05) is 0 Å². The highest BCUT2D eigenvalue weighted by Gasteiger charge is 2.17. The van der Waals surface area contributed by atoms with E-state index >= 15 is 0 Å². The zero-order chi connectivity index (χ0) is 13.8. The first-order valence-electron chi connectivity index (χ1n) is 6.36. The summed E-state index contributed by atoms with van der Waals surface area (Å²) in [6.07, 6.45) is 1.80. The molecule has 0 aliphatic heterocycles. The number of halogens is 1. The highest BCUT2D eigenvalue weighted by Crippen LogP contribution is 2.23. The maximum absolute atomic E-state index is 5.70. The number of aromatic nitrogens is 2. The molecule has 0 bridgehead atoms. The highest BCUT2D eigenvalue weighted by atomic mass is 79.9. The fourth-order valence-corrected chi connectivity index (χ4v) is 3.39. The maximum atomic E-state index is 5.70. The number of nitrogens with one attached hydrogen (secondary N) is 1. The minimum absolute atomic E-state index is 0.219. The molecule has 1 atom stereocenters. The van der Waals surface area contributed by atoms with Crippen LogP contribution in [0.4, 0.5) is 0 Å². The van der Waals surface area contributed by atoms with Crippen molar-refractivity contribution in [3.8, 4) is 0 Å². The van der Waals surface area contributed by atoms with Crippen LogP contribution in [0.15, 0.2) is 22.0 Å². The SMILES string of the molecule is CCn1nc(C)c(Br)c1CC(Cc1cccs1)NN. The molecule has 0 saturated carbocycles. The van der Waals surface area contributed by atoms with Gasteiger partial charge in [0.1, 0.15) is 0 Å². The second-order valence-corrected chi connectivity index (χ2v) is 6.34. The Morgan fingerprint density at radius 2 is 2.32 bits per heavy atom. The molecule has 3 N–H and O–H groups in total. The summed E-state index contributed by atoms with van der Waals surface area (Å²) in [6.45, 7) is 4.99. The molecule has 0 radical (unpaired) electrons. The Labute approximate surface area is 126 Å². The summed E-state index contributed by atoms with van der Waals surface area (Å²) in [5, 5.41) is 6.61. The Balaban J connectivity index is 2.14. The third kappa shape index (κ3) is 3.45. The molecule has 6 heteroatoms. The fraction of sp³-hybridized carbons (Fsp3) is 0.462. The minimum atomic E-state index is 0.219. The van der Waals surface area contributed by atoms with Gasteiger partial charge in [0, 0.05) is 23.9 Å². The topological polar surface area (TPSA) is 55.9 Å². The number of nitrogens with zero attached hydrogens (tertiary/aromatic N) is 2. The minimum Gasteiger partial charge on any atom is -0.271 e. The van der Waals surface area contributed by atoms with E-state index in [-0.39, 0.29) is 6.04 Å². The van der Waals surface area contributed by atoms with E-state index in [1.807, 2.05) is 11.6 Å². The van der Waals surface area contributed by atoms with Crippen molar-refractivity contribution in [2.45, 2.75) is 39.3 Å². The Hall–Kier alpha value is -0.690. The second kappa shape index (κ2) is 6.65. The molecule has 0 saturated heterocycles. The van der Waals surface area contributed by atoms with Crippen LogP contribution in [0.2, 0.25) is 0 Å². The number of nitrogens with two attached hydrogens (primary N) is 1. The van der Waals surface area contributed by atoms with Crippen molar-refractivity contribution >= 4 is 27.3 Å². The lowest BCUT2D eigenvalue weighted by Crippen LogP contribution is -2.38. The lowest BCUT2D eigenvalue weighted by Gasteiger charge is -2.16. The first-order chi connectivity index (χ1) is 9.15. The quantitative estimate of drug-likeness (QED) is 0.626. The molecule has 104 valence electrons. The average Bonchev–Trinajstić information content (AvgIpc) is 3.01. The van der Waals surface area contributed by atoms with Gasteiger partial charge in [-0.3, -0.25) is 16.0 Å². The number of thiophene rings is 1. The van der Waals surface area contributed by atoms with E-state index < -0.39 is 0 Å². The van der Waals surface area contributed by atoms with Gasteiger partial charge in [-0.15, -0.1) is 11.3 Å². The number of rotatable bonds is 6. The van der Waals surface area contributed by atoms with E-state index in [0.717, 1.165) is 29.6 Å². The van der Waals surface area contributed by atoms with Gasteiger partial charge >= 0.3 is 0 Å². The van der Waals surface area contributed by atoms with Gasteiger partial charge in [0.2, 0.25) is 0 Å². The van der Waals surface area contributed by atoms with Crippen LogP contribution >= 0.6 is 27.3 Å². The van der Waals surface area contributed by atoms with Crippen molar-refractivity contribution < 1.29 is 0 Å². The molecule has 2 heterocycles. The average molecular weight is 343 g/mol. The lowest BCUT2D eigenvalue weighted by molar-refractivity contribution is 0.497. The molecule has 0 amide bonds. The van der Waals surface area contributed by atoms with Crippen molar-refractivity contribution in [3.05, 3.63) is 38.3 Å². The zero-order valence-electron chi connectivity index (χ0n) is 11.2. The van der Waals surface area contributed by atoms with Crippen LogP contribution < -0.4 is 11.3 Å². The van der Waals surface area contributed by atoms with Gasteiger partial charge in [-0.2, -0.15) is 5.10 Å². The van der Waals surface area contributed by atoms with Gasteiger partial charge in [0.15, 0.2) is 0 Å². The van der Waals surface area contributed by atoms with Crippen molar-refractivity contribution in [2.24, 2.45) is 5.84 Å². The summed E-state index contributed by atoms with van der Waals surface area (Å²) >= 11 is 5.39. The van der Waals surface area contributed by atoms with Crippen LogP contribution in [0.3, 0.4) is 0 Å². The molecule has 4 nitrogen and oxygen atoms in total. The van der Waals surface area contributed by atoms with Gasteiger partial charge < -0.3 is 0 Å². The van der Waals surface area contributed by atoms with Crippen LogP contribution in [0.5, 0.6) is 0 Å². The molecule has 1 unspecified atom stereocenters. The first kappa shape index (κ1) is 14.7. The van der Waals surface area contributed by atoms with Gasteiger partial charge in [0.25, 0.3) is 0 Å². The van der Waals surface area contributed by atoms with Crippen LogP contribution in [0, 0.1) is 6.92 Å².